The number of ether oxygens (including phenoxy) is 1. The minimum absolute atomic E-state index is 0.0153. The minimum Gasteiger partial charge on any atom is -0.461 e. The Morgan fingerprint density at radius 1 is 1.48 bits per heavy atom. The van der Waals surface area contributed by atoms with E-state index in [1.165, 1.54) is 24.7 Å². The van der Waals surface area contributed by atoms with Gasteiger partial charge in [0.25, 0.3) is 5.69 Å². The van der Waals surface area contributed by atoms with Crippen LogP contribution >= 0.6 is 0 Å². The zero-order valence-electron chi connectivity index (χ0n) is 13.1. The molecule has 0 unspecified atom stereocenters. The first-order valence-corrected chi connectivity index (χ1v) is 7.48. The fourth-order valence-corrected chi connectivity index (χ4v) is 2.21. The molecule has 0 bridgehead atoms. The van der Waals surface area contributed by atoms with Gasteiger partial charge in [-0.25, -0.2) is 9.78 Å². The predicted octanol–water partition coefficient (Wildman–Crippen LogP) is 3.36. The number of carbonyl (C=O) groups excluding carboxylic acids is 1. The van der Waals surface area contributed by atoms with E-state index in [2.05, 4.69) is 4.98 Å². The van der Waals surface area contributed by atoms with E-state index >= 15 is 0 Å². The Hall–Kier alpha value is -2.70. The van der Waals surface area contributed by atoms with E-state index in [1.807, 2.05) is 13.8 Å². The standard InChI is InChI=1S/C16H19N3O4/c1-3-4-8-23-16(20)15-10-17-11-18(15)12(2)13-6-5-7-14(9-13)19(21)22/h5-7,9-12H,3-4,8H2,1-2H3/t12-/m1/s1. The molecule has 2 aromatic rings. The van der Waals surface area contributed by atoms with Crippen molar-refractivity contribution >= 4 is 11.7 Å². The Balaban J connectivity index is 2.22. The molecule has 0 saturated heterocycles. The molecule has 7 heteroatoms. The summed E-state index contributed by atoms with van der Waals surface area (Å²) in [4.78, 5) is 26.6. The van der Waals surface area contributed by atoms with Crippen LogP contribution in [0.25, 0.3) is 0 Å². The summed E-state index contributed by atoms with van der Waals surface area (Å²) in [5.41, 5.74) is 1.07. The number of hydrogen-bond acceptors (Lipinski definition) is 5. The van der Waals surface area contributed by atoms with Crippen LogP contribution in [0.4, 0.5) is 5.69 Å². The molecular weight excluding hydrogens is 298 g/mol. The molecule has 23 heavy (non-hydrogen) atoms. The molecule has 1 heterocycles. The summed E-state index contributed by atoms with van der Waals surface area (Å²) in [5, 5.41) is 10.9. The molecule has 1 atom stereocenters. The molecule has 1 aromatic carbocycles. The van der Waals surface area contributed by atoms with E-state index in [-0.39, 0.29) is 11.7 Å². The maximum atomic E-state index is 12.1. The number of rotatable bonds is 7. The van der Waals surface area contributed by atoms with E-state index in [9.17, 15) is 14.9 Å². The highest BCUT2D eigenvalue weighted by Gasteiger charge is 2.19. The van der Waals surface area contributed by atoms with Crippen molar-refractivity contribution < 1.29 is 14.5 Å². The zero-order valence-corrected chi connectivity index (χ0v) is 13.1. The number of aromatic nitrogens is 2. The number of nitro benzene ring substituents is 1. The smallest absolute Gasteiger partial charge is 0.356 e. The maximum Gasteiger partial charge on any atom is 0.356 e. The minimum atomic E-state index is -0.440. The maximum absolute atomic E-state index is 12.1. The quantitative estimate of drug-likeness (QED) is 0.338. The molecule has 0 radical (unpaired) electrons. The van der Waals surface area contributed by atoms with Crippen molar-refractivity contribution in [1.82, 2.24) is 9.55 Å². The third-order valence-electron chi connectivity index (χ3n) is 3.59. The first kappa shape index (κ1) is 16.7. The highest BCUT2D eigenvalue weighted by atomic mass is 16.6. The molecule has 0 aliphatic carbocycles. The topological polar surface area (TPSA) is 87.3 Å². The van der Waals surface area contributed by atoms with Crippen LogP contribution in [0.1, 0.15) is 48.8 Å². The van der Waals surface area contributed by atoms with E-state index < -0.39 is 10.9 Å². The largest absolute Gasteiger partial charge is 0.461 e. The predicted molar refractivity (Wildman–Crippen MR) is 84.3 cm³/mol. The van der Waals surface area contributed by atoms with Gasteiger partial charge in [0, 0.05) is 12.1 Å². The lowest BCUT2D eigenvalue weighted by molar-refractivity contribution is -0.384. The van der Waals surface area contributed by atoms with Crippen LogP contribution in [0.3, 0.4) is 0 Å². The van der Waals surface area contributed by atoms with Gasteiger partial charge in [0.1, 0.15) is 5.69 Å². The van der Waals surface area contributed by atoms with Crippen LogP contribution in [0.15, 0.2) is 36.8 Å². The van der Waals surface area contributed by atoms with E-state index in [0.29, 0.717) is 12.3 Å². The van der Waals surface area contributed by atoms with Crippen molar-refractivity contribution in [3.8, 4) is 0 Å². The molecule has 1 aromatic heterocycles. The molecule has 0 amide bonds. The summed E-state index contributed by atoms with van der Waals surface area (Å²) in [6.07, 6.45) is 4.72. The Morgan fingerprint density at radius 2 is 2.26 bits per heavy atom. The lowest BCUT2D eigenvalue weighted by Gasteiger charge is -2.16. The van der Waals surface area contributed by atoms with Crippen molar-refractivity contribution in [2.45, 2.75) is 32.7 Å². The fraction of sp³-hybridized carbons (Fsp3) is 0.375. The summed E-state index contributed by atoms with van der Waals surface area (Å²) >= 11 is 0. The average molecular weight is 317 g/mol. The zero-order chi connectivity index (χ0) is 16.8. The van der Waals surface area contributed by atoms with Crippen molar-refractivity contribution in [2.75, 3.05) is 6.61 Å². The number of hydrogen-bond donors (Lipinski definition) is 0. The number of carbonyl (C=O) groups is 1. The van der Waals surface area contributed by atoms with Gasteiger partial charge in [-0.3, -0.25) is 10.1 Å². The second-order valence-corrected chi connectivity index (χ2v) is 5.20. The van der Waals surface area contributed by atoms with E-state index in [0.717, 1.165) is 18.4 Å². The van der Waals surface area contributed by atoms with Gasteiger partial charge < -0.3 is 9.30 Å². The molecule has 7 nitrogen and oxygen atoms in total. The SMILES string of the molecule is CCCCOC(=O)c1cncn1[C@H](C)c1cccc([N+](=O)[O-])c1. The Labute approximate surface area is 134 Å². The van der Waals surface area contributed by atoms with Crippen LogP contribution in [-0.2, 0) is 4.74 Å². The summed E-state index contributed by atoms with van der Waals surface area (Å²) in [6, 6.07) is 6.07. The molecular formula is C16H19N3O4. The highest BCUT2D eigenvalue weighted by Crippen LogP contribution is 2.23. The van der Waals surface area contributed by atoms with Gasteiger partial charge in [-0.2, -0.15) is 0 Å². The molecule has 2 rings (SSSR count). The number of nitrogens with zero attached hydrogens (tertiary/aromatic N) is 3. The second-order valence-electron chi connectivity index (χ2n) is 5.20. The molecule has 0 N–H and O–H groups in total. The number of benzene rings is 1. The molecule has 0 aliphatic rings. The molecule has 0 aliphatic heterocycles. The molecule has 122 valence electrons. The van der Waals surface area contributed by atoms with Crippen LogP contribution in [0, 0.1) is 10.1 Å². The first-order valence-electron chi connectivity index (χ1n) is 7.48. The molecule has 0 spiro atoms. The summed E-state index contributed by atoms with van der Waals surface area (Å²) in [5.74, 6) is -0.437. The van der Waals surface area contributed by atoms with Crippen molar-refractivity contribution in [2.24, 2.45) is 0 Å². The third kappa shape index (κ3) is 3.94. The highest BCUT2D eigenvalue weighted by molar-refractivity contribution is 5.87. The Morgan fingerprint density at radius 3 is 2.96 bits per heavy atom. The van der Waals surface area contributed by atoms with Crippen LogP contribution in [0.5, 0.6) is 0 Å². The monoisotopic (exact) mass is 317 g/mol. The Bertz CT molecular complexity index is 696. The van der Waals surface area contributed by atoms with E-state index in [1.54, 1.807) is 16.7 Å². The van der Waals surface area contributed by atoms with Gasteiger partial charge in [-0.1, -0.05) is 25.5 Å². The summed E-state index contributed by atoms with van der Waals surface area (Å²) in [7, 11) is 0. The number of non-ortho nitro benzene ring substituents is 1. The number of nitro groups is 1. The average Bonchev–Trinajstić information content (AvgIpc) is 3.04. The van der Waals surface area contributed by atoms with E-state index in [4.69, 9.17) is 4.74 Å². The number of imidazole rings is 1. The number of esters is 1. The van der Waals surface area contributed by atoms with Crippen molar-refractivity contribution in [3.63, 3.8) is 0 Å². The van der Waals surface area contributed by atoms with Crippen LogP contribution < -0.4 is 0 Å². The third-order valence-corrected chi connectivity index (χ3v) is 3.59. The Kier molecular flexibility index (Phi) is 5.46. The summed E-state index contributed by atoms with van der Waals surface area (Å²) in [6.45, 7) is 4.23. The second kappa shape index (κ2) is 7.53. The normalized spacial score (nSPS) is 11.9. The van der Waals surface area contributed by atoms with Gasteiger partial charge >= 0.3 is 5.97 Å². The lowest BCUT2D eigenvalue weighted by atomic mass is 10.1. The van der Waals surface area contributed by atoms with Crippen LogP contribution in [-0.4, -0.2) is 27.1 Å². The van der Waals surface area contributed by atoms with Gasteiger partial charge in [0.15, 0.2) is 0 Å². The number of unbranched alkanes of at least 4 members (excludes halogenated alkanes) is 1. The molecule has 0 saturated carbocycles. The first-order chi connectivity index (χ1) is 11.0. The molecule has 0 fully saturated rings. The van der Waals surface area contributed by atoms with Gasteiger partial charge in [-0.15, -0.1) is 0 Å². The fourth-order valence-electron chi connectivity index (χ4n) is 2.21. The van der Waals surface area contributed by atoms with Gasteiger partial charge in [0.2, 0.25) is 0 Å². The van der Waals surface area contributed by atoms with Gasteiger partial charge in [0.05, 0.1) is 30.1 Å². The van der Waals surface area contributed by atoms with Crippen molar-refractivity contribution in [1.29, 1.82) is 0 Å². The summed E-state index contributed by atoms with van der Waals surface area (Å²) < 4.78 is 6.87. The van der Waals surface area contributed by atoms with Crippen molar-refractivity contribution in [3.05, 3.63) is 58.2 Å². The lowest BCUT2D eigenvalue weighted by Crippen LogP contribution is -2.16. The van der Waals surface area contributed by atoms with Gasteiger partial charge in [-0.05, 0) is 18.9 Å². The van der Waals surface area contributed by atoms with Crippen LogP contribution in [0.2, 0.25) is 0 Å².